The van der Waals surface area contributed by atoms with E-state index < -0.39 is 0 Å². The van der Waals surface area contributed by atoms with Gasteiger partial charge in [0.25, 0.3) is 0 Å². The van der Waals surface area contributed by atoms with E-state index in [1.165, 1.54) is 0 Å². The topological polar surface area (TPSA) is 35.0 Å². The Balaban J connectivity index is 1.61. The molecule has 0 amide bonds. The lowest BCUT2D eigenvalue weighted by atomic mass is 9.81. The van der Waals surface area contributed by atoms with Gasteiger partial charge in [0.1, 0.15) is 16.5 Å². The number of aromatic nitrogens is 2. The normalized spacial score (nSPS) is 11.3. The maximum Gasteiger partial charge on any atom is 0.128 e. The zero-order chi connectivity index (χ0) is 18.7. The first kappa shape index (κ1) is 17.4. The number of hydrogen-bond donors (Lipinski definition) is 0. The Bertz CT molecular complexity index is 1030. The summed E-state index contributed by atoms with van der Waals surface area (Å²) in [6.07, 6.45) is 3.65. The van der Waals surface area contributed by atoms with Crippen molar-refractivity contribution in [3.63, 3.8) is 0 Å². The molecule has 0 aliphatic carbocycles. The predicted molar refractivity (Wildman–Crippen MR) is 110 cm³/mol. The molecule has 3 nitrogen and oxygen atoms in total. The van der Waals surface area contributed by atoms with Gasteiger partial charge in [-0.3, -0.25) is 4.98 Å². The summed E-state index contributed by atoms with van der Waals surface area (Å²) < 4.78 is 6.15. The molecule has 0 radical (unpaired) electrons. The summed E-state index contributed by atoms with van der Waals surface area (Å²) >= 11 is 1.62. The van der Waals surface area contributed by atoms with E-state index >= 15 is 0 Å². The van der Waals surface area contributed by atoms with Crippen molar-refractivity contribution in [3.05, 3.63) is 95.8 Å². The molecule has 0 spiro atoms. The summed E-state index contributed by atoms with van der Waals surface area (Å²) in [5, 5.41) is 2.97. The highest BCUT2D eigenvalue weighted by molar-refractivity contribution is 7.13. The van der Waals surface area contributed by atoms with Crippen LogP contribution < -0.4 is 4.74 Å². The molecule has 4 aromatic rings. The Hall–Kier alpha value is -2.98. The first-order chi connectivity index (χ1) is 13.1. The van der Waals surface area contributed by atoms with Crippen LogP contribution >= 0.6 is 11.3 Å². The van der Waals surface area contributed by atoms with Crippen LogP contribution in [0.5, 0.6) is 11.5 Å². The second-order valence-electron chi connectivity index (χ2n) is 6.83. The van der Waals surface area contributed by atoms with Gasteiger partial charge in [-0.25, -0.2) is 4.98 Å². The molecule has 0 aliphatic heterocycles. The molecular formula is C23H20N2OS. The fraction of sp³-hybridized carbons (Fsp3) is 0.130. The van der Waals surface area contributed by atoms with E-state index in [1.807, 2.05) is 66.3 Å². The van der Waals surface area contributed by atoms with Crippen LogP contribution in [0.2, 0.25) is 0 Å². The molecular weight excluding hydrogens is 352 g/mol. The third-order valence-electron chi connectivity index (χ3n) is 4.61. The smallest absolute Gasteiger partial charge is 0.128 e. The van der Waals surface area contributed by atoms with Crippen molar-refractivity contribution in [1.29, 1.82) is 0 Å². The summed E-state index contributed by atoms with van der Waals surface area (Å²) in [4.78, 5) is 8.90. The minimum atomic E-state index is -0.205. The SMILES string of the molecule is CC(C)(c1cccc(Oc2cccc(-c3nccs3)c2)c1)c1ccccn1. The third-order valence-corrected chi connectivity index (χ3v) is 5.43. The monoisotopic (exact) mass is 372 g/mol. The van der Waals surface area contributed by atoms with E-state index in [4.69, 9.17) is 4.74 Å². The lowest BCUT2D eigenvalue weighted by molar-refractivity contribution is 0.480. The van der Waals surface area contributed by atoms with E-state index in [0.717, 1.165) is 33.3 Å². The summed E-state index contributed by atoms with van der Waals surface area (Å²) in [5.74, 6) is 1.61. The molecule has 134 valence electrons. The Morgan fingerprint density at radius 1 is 0.815 bits per heavy atom. The van der Waals surface area contributed by atoms with Crippen molar-refractivity contribution in [2.24, 2.45) is 0 Å². The van der Waals surface area contributed by atoms with E-state index in [2.05, 4.69) is 42.0 Å². The van der Waals surface area contributed by atoms with Crippen LogP contribution in [-0.4, -0.2) is 9.97 Å². The fourth-order valence-corrected chi connectivity index (χ4v) is 3.66. The van der Waals surface area contributed by atoms with Gasteiger partial charge in [0, 0.05) is 28.8 Å². The van der Waals surface area contributed by atoms with Crippen LogP contribution in [0, 0.1) is 0 Å². The molecule has 4 heteroatoms. The van der Waals surface area contributed by atoms with Gasteiger partial charge in [0.05, 0.1) is 5.69 Å². The standard InChI is InChI=1S/C23H20N2OS/c1-23(2,21-11-3-4-12-24-21)18-8-6-10-20(16-18)26-19-9-5-7-17(15-19)22-25-13-14-27-22/h3-16H,1-2H3. The quantitative estimate of drug-likeness (QED) is 0.411. The molecule has 0 unspecified atom stereocenters. The van der Waals surface area contributed by atoms with E-state index in [1.54, 1.807) is 11.3 Å². The fourth-order valence-electron chi connectivity index (χ4n) is 3.02. The summed E-state index contributed by atoms with van der Waals surface area (Å²) in [6, 6.07) is 22.3. The van der Waals surface area contributed by atoms with Gasteiger partial charge in [0.15, 0.2) is 0 Å². The summed E-state index contributed by atoms with van der Waals surface area (Å²) in [7, 11) is 0. The van der Waals surface area contributed by atoms with Crippen LogP contribution in [0.1, 0.15) is 25.1 Å². The van der Waals surface area contributed by atoms with E-state index in [0.29, 0.717) is 0 Å². The van der Waals surface area contributed by atoms with Crippen molar-refractivity contribution in [3.8, 4) is 22.1 Å². The minimum absolute atomic E-state index is 0.205. The predicted octanol–water partition coefficient (Wildman–Crippen LogP) is 6.32. The van der Waals surface area contributed by atoms with Crippen molar-refractivity contribution in [2.75, 3.05) is 0 Å². The van der Waals surface area contributed by atoms with E-state index in [9.17, 15) is 0 Å². The highest BCUT2D eigenvalue weighted by Gasteiger charge is 2.24. The van der Waals surface area contributed by atoms with E-state index in [-0.39, 0.29) is 5.41 Å². The molecule has 0 saturated carbocycles. The third kappa shape index (κ3) is 3.76. The van der Waals surface area contributed by atoms with Gasteiger partial charge in [-0.15, -0.1) is 11.3 Å². The average molecular weight is 372 g/mol. The molecule has 2 heterocycles. The molecule has 0 N–H and O–H groups in total. The molecule has 27 heavy (non-hydrogen) atoms. The zero-order valence-electron chi connectivity index (χ0n) is 15.3. The van der Waals surface area contributed by atoms with Gasteiger partial charge in [-0.05, 0) is 42.0 Å². The number of thiazole rings is 1. The molecule has 0 saturated heterocycles. The van der Waals surface area contributed by atoms with Crippen LogP contribution in [0.4, 0.5) is 0 Å². The molecule has 0 aliphatic rings. The van der Waals surface area contributed by atoms with Gasteiger partial charge in [0.2, 0.25) is 0 Å². The number of hydrogen-bond acceptors (Lipinski definition) is 4. The number of pyridine rings is 1. The summed E-state index contributed by atoms with van der Waals surface area (Å²) in [6.45, 7) is 4.36. The van der Waals surface area contributed by atoms with Crippen molar-refractivity contribution >= 4 is 11.3 Å². The molecule has 4 rings (SSSR count). The maximum absolute atomic E-state index is 6.15. The molecule has 0 bridgehead atoms. The zero-order valence-corrected chi connectivity index (χ0v) is 16.1. The second-order valence-corrected chi connectivity index (χ2v) is 7.73. The molecule has 2 aromatic carbocycles. The Morgan fingerprint density at radius 2 is 1.63 bits per heavy atom. The first-order valence-corrected chi connectivity index (χ1v) is 9.71. The van der Waals surface area contributed by atoms with Gasteiger partial charge >= 0.3 is 0 Å². The van der Waals surface area contributed by atoms with Crippen molar-refractivity contribution in [2.45, 2.75) is 19.3 Å². The lowest BCUT2D eigenvalue weighted by Crippen LogP contribution is -2.20. The minimum Gasteiger partial charge on any atom is -0.457 e. The highest BCUT2D eigenvalue weighted by atomic mass is 32.1. The Morgan fingerprint density at radius 3 is 2.37 bits per heavy atom. The largest absolute Gasteiger partial charge is 0.457 e. The van der Waals surface area contributed by atoms with Crippen LogP contribution in [0.15, 0.2) is 84.5 Å². The molecule has 0 atom stereocenters. The molecule has 2 aromatic heterocycles. The van der Waals surface area contributed by atoms with Crippen LogP contribution in [0.3, 0.4) is 0 Å². The Kier molecular flexibility index (Phi) is 4.73. The summed E-state index contributed by atoms with van der Waals surface area (Å²) in [5.41, 5.74) is 3.05. The van der Waals surface area contributed by atoms with Crippen molar-refractivity contribution < 1.29 is 4.74 Å². The number of ether oxygens (including phenoxy) is 1. The average Bonchev–Trinajstić information content (AvgIpc) is 3.24. The number of rotatable bonds is 5. The van der Waals surface area contributed by atoms with Gasteiger partial charge in [-0.1, -0.05) is 44.2 Å². The molecule has 0 fully saturated rings. The van der Waals surface area contributed by atoms with Crippen molar-refractivity contribution in [1.82, 2.24) is 9.97 Å². The van der Waals surface area contributed by atoms with Crippen LogP contribution in [0.25, 0.3) is 10.6 Å². The highest BCUT2D eigenvalue weighted by Crippen LogP contribution is 2.34. The maximum atomic E-state index is 6.15. The first-order valence-electron chi connectivity index (χ1n) is 8.83. The van der Waals surface area contributed by atoms with Crippen LogP contribution in [-0.2, 0) is 5.41 Å². The number of nitrogens with zero attached hydrogens (tertiary/aromatic N) is 2. The second kappa shape index (κ2) is 7.33. The lowest BCUT2D eigenvalue weighted by Gasteiger charge is -2.25. The van der Waals surface area contributed by atoms with Gasteiger partial charge < -0.3 is 4.74 Å². The number of benzene rings is 2. The van der Waals surface area contributed by atoms with Gasteiger partial charge in [-0.2, -0.15) is 0 Å². The Labute approximate surface area is 163 Å².